The maximum absolute atomic E-state index is 12.0. The summed E-state index contributed by atoms with van der Waals surface area (Å²) in [4.78, 5) is 16.2. The van der Waals surface area contributed by atoms with Gasteiger partial charge in [0.15, 0.2) is 0 Å². The smallest absolute Gasteiger partial charge is 0.220 e. The van der Waals surface area contributed by atoms with Crippen LogP contribution in [0, 0.1) is 5.92 Å². The van der Waals surface area contributed by atoms with E-state index in [1.807, 2.05) is 25.1 Å². The molecule has 2 unspecified atom stereocenters. The van der Waals surface area contributed by atoms with Crippen LogP contribution in [-0.4, -0.2) is 17.4 Å². The predicted molar refractivity (Wildman–Crippen MR) is 82.1 cm³/mol. The van der Waals surface area contributed by atoms with Crippen LogP contribution in [0.5, 0.6) is 0 Å². The second kappa shape index (κ2) is 9.48. The van der Waals surface area contributed by atoms with Crippen LogP contribution in [0.15, 0.2) is 24.4 Å². The van der Waals surface area contributed by atoms with E-state index in [0.717, 1.165) is 31.4 Å². The van der Waals surface area contributed by atoms with Gasteiger partial charge in [-0.05, 0) is 44.4 Å². The van der Waals surface area contributed by atoms with Gasteiger partial charge in [-0.2, -0.15) is 0 Å². The molecule has 0 radical (unpaired) electrons. The Hall–Kier alpha value is -1.42. The molecule has 0 aliphatic heterocycles. The zero-order valence-corrected chi connectivity index (χ0v) is 12.6. The fourth-order valence-corrected chi connectivity index (χ4v) is 2.43. The van der Waals surface area contributed by atoms with Crippen LogP contribution in [-0.2, 0) is 4.79 Å². The largest absolute Gasteiger partial charge is 0.348 e. The normalized spacial score (nSPS) is 13.8. The molecule has 0 aliphatic carbocycles. The zero-order valence-electron chi connectivity index (χ0n) is 12.6. The Balaban J connectivity index is 2.35. The van der Waals surface area contributed by atoms with E-state index in [0.29, 0.717) is 18.9 Å². The van der Waals surface area contributed by atoms with E-state index in [4.69, 9.17) is 5.73 Å². The minimum atomic E-state index is -0.0390. The minimum Gasteiger partial charge on any atom is -0.348 e. The highest BCUT2D eigenvalue weighted by atomic mass is 16.1. The quantitative estimate of drug-likeness (QED) is 0.729. The van der Waals surface area contributed by atoms with Crippen molar-refractivity contribution < 1.29 is 4.79 Å². The zero-order chi connectivity index (χ0) is 14.8. The first-order valence-electron chi connectivity index (χ1n) is 7.57. The lowest BCUT2D eigenvalue weighted by atomic mass is 9.94. The van der Waals surface area contributed by atoms with Crippen LogP contribution >= 0.6 is 0 Å². The van der Waals surface area contributed by atoms with Gasteiger partial charge in [-0.3, -0.25) is 9.78 Å². The third kappa shape index (κ3) is 6.15. The van der Waals surface area contributed by atoms with Crippen LogP contribution in [0.25, 0.3) is 0 Å². The molecule has 0 aliphatic rings. The maximum atomic E-state index is 12.0. The summed E-state index contributed by atoms with van der Waals surface area (Å²) in [5, 5.41) is 3.00. The minimum absolute atomic E-state index is 0.0390. The number of carbonyl (C=O) groups excluding carboxylic acids is 1. The number of nitrogens with zero attached hydrogens (tertiary/aromatic N) is 1. The summed E-state index contributed by atoms with van der Waals surface area (Å²) < 4.78 is 0. The van der Waals surface area contributed by atoms with E-state index in [2.05, 4.69) is 17.2 Å². The number of nitrogens with two attached hydrogens (primary N) is 1. The average molecular weight is 277 g/mol. The first kappa shape index (κ1) is 16.6. The molecule has 0 bridgehead atoms. The van der Waals surface area contributed by atoms with Crippen molar-refractivity contribution in [1.82, 2.24) is 10.3 Å². The van der Waals surface area contributed by atoms with Crippen molar-refractivity contribution in [3.05, 3.63) is 30.1 Å². The van der Waals surface area contributed by atoms with Gasteiger partial charge in [0, 0.05) is 12.6 Å². The van der Waals surface area contributed by atoms with Gasteiger partial charge in [-0.1, -0.05) is 25.8 Å². The van der Waals surface area contributed by atoms with Gasteiger partial charge in [0.05, 0.1) is 11.7 Å². The Kier molecular flexibility index (Phi) is 7.88. The molecule has 0 aromatic carbocycles. The van der Waals surface area contributed by atoms with Gasteiger partial charge in [0.2, 0.25) is 5.91 Å². The van der Waals surface area contributed by atoms with Crippen molar-refractivity contribution in [3.8, 4) is 0 Å². The molecule has 20 heavy (non-hydrogen) atoms. The van der Waals surface area contributed by atoms with Gasteiger partial charge < -0.3 is 11.1 Å². The molecule has 3 N–H and O–H groups in total. The highest BCUT2D eigenvalue weighted by Gasteiger charge is 2.13. The van der Waals surface area contributed by atoms with Crippen molar-refractivity contribution in [2.75, 3.05) is 6.54 Å². The van der Waals surface area contributed by atoms with E-state index >= 15 is 0 Å². The van der Waals surface area contributed by atoms with Crippen molar-refractivity contribution in [3.63, 3.8) is 0 Å². The number of aromatic nitrogens is 1. The van der Waals surface area contributed by atoms with Gasteiger partial charge in [-0.15, -0.1) is 0 Å². The molecule has 4 heteroatoms. The number of nitrogens with one attached hydrogen (secondary N) is 1. The molecule has 0 saturated heterocycles. The van der Waals surface area contributed by atoms with Crippen LogP contribution < -0.4 is 11.1 Å². The number of hydrogen-bond acceptors (Lipinski definition) is 3. The Morgan fingerprint density at radius 1 is 1.35 bits per heavy atom. The lowest BCUT2D eigenvalue weighted by molar-refractivity contribution is -0.122. The van der Waals surface area contributed by atoms with Crippen molar-refractivity contribution in [2.24, 2.45) is 11.7 Å². The van der Waals surface area contributed by atoms with Gasteiger partial charge in [0.25, 0.3) is 0 Å². The molecule has 1 aromatic heterocycles. The molecule has 0 fully saturated rings. The monoisotopic (exact) mass is 277 g/mol. The summed E-state index contributed by atoms with van der Waals surface area (Å²) in [6.07, 6.45) is 6.55. The van der Waals surface area contributed by atoms with Crippen LogP contribution in [0.3, 0.4) is 0 Å². The molecule has 2 atom stereocenters. The SMILES string of the molecule is CCCC(CCN)CCC(=O)NC(C)c1ccccn1. The number of amides is 1. The molecule has 112 valence electrons. The summed E-state index contributed by atoms with van der Waals surface area (Å²) >= 11 is 0. The summed E-state index contributed by atoms with van der Waals surface area (Å²) in [6.45, 7) is 4.84. The Morgan fingerprint density at radius 3 is 2.75 bits per heavy atom. The molecule has 1 aromatic rings. The van der Waals surface area contributed by atoms with Crippen LogP contribution in [0.1, 0.15) is 57.7 Å². The highest BCUT2D eigenvalue weighted by Crippen LogP contribution is 2.17. The second-order valence-corrected chi connectivity index (χ2v) is 5.31. The number of rotatable bonds is 9. The van der Waals surface area contributed by atoms with E-state index in [1.165, 1.54) is 0 Å². The molecule has 4 nitrogen and oxygen atoms in total. The lowest BCUT2D eigenvalue weighted by Gasteiger charge is -2.17. The Labute approximate surface area is 122 Å². The van der Waals surface area contributed by atoms with E-state index < -0.39 is 0 Å². The molecule has 0 spiro atoms. The third-order valence-corrected chi connectivity index (χ3v) is 3.56. The number of carbonyl (C=O) groups is 1. The van der Waals surface area contributed by atoms with E-state index in [9.17, 15) is 4.79 Å². The van der Waals surface area contributed by atoms with Gasteiger partial charge in [-0.25, -0.2) is 0 Å². The standard InChI is InChI=1S/C16H27N3O/c1-3-6-14(10-11-17)8-9-16(20)19-13(2)15-7-4-5-12-18-15/h4-5,7,12-14H,3,6,8-11,17H2,1-2H3,(H,19,20). The maximum Gasteiger partial charge on any atom is 0.220 e. The van der Waals surface area contributed by atoms with Crippen molar-refractivity contribution in [1.29, 1.82) is 0 Å². The average Bonchev–Trinajstić information content (AvgIpc) is 2.46. The first-order chi connectivity index (χ1) is 9.67. The van der Waals surface area contributed by atoms with Crippen molar-refractivity contribution >= 4 is 5.91 Å². The van der Waals surface area contributed by atoms with E-state index in [1.54, 1.807) is 6.20 Å². The molecule has 0 saturated carbocycles. The van der Waals surface area contributed by atoms with Crippen molar-refractivity contribution in [2.45, 2.75) is 52.0 Å². The number of hydrogen-bond donors (Lipinski definition) is 2. The Bertz CT molecular complexity index is 375. The van der Waals surface area contributed by atoms with E-state index in [-0.39, 0.29) is 11.9 Å². The highest BCUT2D eigenvalue weighted by molar-refractivity contribution is 5.76. The molecule has 1 rings (SSSR count). The fourth-order valence-electron chi connectivity index (χ4n) is 2.43. The third-order valence-electron chi connectivity index (χ3n) is 3.56. The van der Waals surface area contributed by atoms with Gasteiger partial charge >= 0.3 is 0 Å². The van der Waals surface area contributed by atoms with Gasteiger partial charge in [0.1, 0.15) is 0 Å². The Morgan fingerprint density at radius 2 is 2.15 bits per heavy atom. The summed E-state index contributed by atoms with van der Waals surface area (Å²) in [7, 11) is 0. The summed E-state index contributed by atoms with van der Waals surface area (Å²) in [6, 6.07) is 5.70. The number of pyridine rings is 1. The molecular weight excluding hydrogens is 250 g/mol. The lowest BCUT2D eigenvalue weighted by Crippen LogP contribution is -2.27. The molecule has 1 heterocycles. The summed E-state index contributed by atoms with van der Waals surface area (Å²) in [5.74, 6) is 0.669. The fraction of sp³-hybridized carbons (Fsp3) is 0.625. The molecular formula is C16H27N3O. The predicted octanol–water partition coefficient (Wildman–Crippen LogP) is 2.80. The second-order valence-electron chi connectivity index (χ2n) is 5.31. The molecule has 1 amide bonds. The van der Waals surface area contributed by atoms with Crippen LogP contribution in [0.4, 0.5) is 0 Å². The first-order valence-corrected chi connectivity index (χ1v) is 7.57. The summed E-state index contributed by atoms with van der Waals surface area (Å²) in [5.41, 5.74) is 6.51. The topological polar surface area (TPSA) is 68.0 Å². The van der Waals surface area contributed by atoms with Crippen LogP contribution in [0.2, 0.25) is 0 Å².